The topological polar surface area (TPSA) is 58.4 Å². The van der Waals surface area contributed by atoms with Gasteiger partial charge in [-0.25, -0.2) is 4.98 Å². The van der Waals surface area contributed by atoms with E-state index in [2.05, 4.69) is 34.4 Å². The first-order valence-corrected chi connectivity index (χ1v) is 8.67. The van der Waals surface area contributed by atoms with Gasteiger partial charge >= 0.3 is 0 Å². The molecule has 1 N–H and O–H groups in total. The van der Waals surface area contributed by atoms with Crippen LogP contribution in [-0.2, 0) is 0 Å². The number of anilines is 1. The van der Waals surface area contributed by atoms with Crippen LogP contribution < -0.4 is 10.2 Å². The van der Waals surface area contributed by atoms with Gasteiger partial charge in [0.15, 0.2) is 11.6 Å². The molecule has 0 unspecified atom stereocenters. The van der Waals surface area contributed by atoms with Crippen LogP contribution in [0.2, 0.25) is 0 Å². The minimum absolute atomic E-state index is 0.135. The van der Waals surface area contributed by atoms with Crippen LogP contribution in [0.1, 0.15) is 53.7 Å². The summed E-state index contributed by atoms with van der Waals surface area (Å²) < 4.78 is 5.66. The van der Waals surface area contributed by atoms with Crippen LogP contribution in [0.4, 0.5) is 5.69 Å². The second-order valence-corrected chi connectivity index (χ2v) is 6.45. The maximum Gasteiger partial charge on any atom is 0.273 e. The number of carbonyl (C=O) groups is 1. The first-order valence-electron chi connectivity index (χ1n) is 8.67. The number of carbonyl (C=O) groups excluding carboxylic acids is 1. The van der Waals surface area contributed by atoms with Crippen LogP contribution >= 0.6 is 0 Å². The van der Waals surface area contributed by atoms with Gasteiger partial charge in [0.1, 0.15) is 5.76 Å². The van der Waals surface area contributed by atoms with Gasteiger partial charge in [-0.3, -0.25) is 4.79 Å². The molecule has 1 saturated carbocycles. The lowest BCUT2D eigenvalue weighted by molar-refractivity contribution is 0.0947. The molecule has 0 atom stereocenters. The van der Waals surface area contributed by atoms with Gasteiger partial charge < -0.3 is 14.6 Å². The lowest BCUT2D eigenvalue weighted by atomic mass is 9.85. The molecule has 5 heteroatoms. The molecule has 3 rings (SSSR count). The highest BCUT2D eigenvalue weighted by Gasteiger charge is 2.27. The molecular formula is C19H25N3O2. The largest absolute Gasteiger partial charge is 0.445 e. The van der Waals surface area contributed by atoms with Crippen LogP contribution in [0.5, 0.6) is 0 Å². The molecule has 0 radical (unpaired) electrons. The smallest absolute Gasteiger partial charge is 0.273 e. The van der Waals surface area contributed by atoms with Crippen molar-refractivity contribution < 1.29 is 9.21 Å². The fourth-order valence-corrected chi connectivity index (χ4v) is 2.87. The van der Waals surface area contributed by atoms with Gasteiger partial charge in [0.25, 0.3) is 5.91 Å². The SMILES string of the molecule is Cc1oc(C2CCC2)nc1C(=O)NCCCN(C)c1ccccc1. The van der Waals surface area contributed by atoms with Crippen molar-refractivity contribution in [1.82, 2.24) is 10.3 Å². The van der Waals surface area contributed by atoms with E-state index in [0.717, 1.165) is 31.7 Å². The summed E-state index contributed by atoms with van der Waals surface area (Å²) in [5.74, 6) is 1.62. The van der Waals surface area contributed by atoms with Gasteiger partial charge in [0.05, 0.1) is 0 Å². The summed E-state index contributed by atoms with van der Waals surface area (Å²) in [5, 5.41) is 2.95. The third kappa shape index (κ3) is 3.78. The highest BCUT2D eigenvalue weighted by molar-refractivity contribution is 5.93. The molecule has 1 aliphatic carbocycles. The Morgan fingerprint density at radius 2 is 2.08 bits per heavy atom. The van der Waals surface area contributed by atoms with Crippen LogP contribution in [0.15, 0.2) is 34.7 Å². The third-order valence-corrected chi connectivity index (χ3v) is 4.64. The predicted molar refractivity (Wildman–Crippen MR) is 94.5 cm³/mol. The molecule has 1 heterocycles. The third-order valence-electron chi connectivity index (χ3n) is 4.64. The lowest BCUT2D eigenvalue weighted by Crippen LogP contribution is -2.28. The maximum atomic E-state index is 12.3. The van der Waals surface area contributed by atoms with E-state index in [-0.39, 0.29) is 5.91 Å². The summed E-state index contributed by atoms with van der Waals surface area (Å²) in [6, 6.07) is 10.2. The van der Waals surface area contributed by atoms with Crippen molar-refractivity contribution in [2.24, 2.45) is 0 Å². The van der Waals surface area contributed by atoms with Crippen molar-refractivity contribution >= 4 is 11.6 Å². The zero-order valence-corrected chi connectivity index (χ0v) is 14.4. The van der Waals surface area contributed by atoms with Gasteiger partial charge in [-0.1, -0.05) is 24.6 Å². The Bertz CT molecular complexity index is 677. The minimum atomic E-state index is -0.135. The highest BCUT2D eigenvalue weighted by Crippen LogP contribution is 2.36. The molecule has 24 heavy (non-hydrogen) atoms. The van der Waals surface area contributed by atoms with Crippen LogP contribution in [-0.4, -0.2) is 31.0 Å². The molecule has 1 aliphatic rings. The number of aryl methyl sites for hydroxylation is 1. The number of hydrogen-bond donors (Lipinski definition) is 1. The summed E-state index contributed by atoms with van der Waals surface area (Å²) in [6.45, 7) is 3.32. The molecule has 1 amide bonds. The normalized spacial score (nSPS) is 14.2. The molecule has 1 aromatic heterocycles. The monoisotopic (exact) mass is 327 g/mol. The van der Waals surface area contributed by atoms with Crippen molar-refractivity contribution in [3.05, 3.63) is 47.7 Å². The second-order valence-electron chi connectivity index (χ2n) is 6.45. The zero-order valence-electron chi connectivity index (χ0n) is 14.4. The number of amides is 1. The first kappa shape index (κ1) is 16.6. The number of para-hydroxylation sites is 1. The Morgan fingerprint density at radius 3 is 2.75 bits per heavy atom. The van der Waals surface area contributed by atoms with Gasteiger partial charge in [-0.15, -0.1) is 0 Å². The molecule has 5 nitrogen and oxygen atoms in total. The minimum Gasteiger partial charge on any atom is -0.445 e. The zero-order chi connectivity index (χ0) is 16.9. The summed E-state index contributed by atoms with van der Waals surface area (Å²) >= 11 is 0. The number of oxazole rings is 1. The molecule has 0 bridgehead atoms. The molecule has 0 spiro atoms. The van der Waals surface area contributed by atoms with Crippen molar-refractivity contribution in [2.75, 3.05) is 25.0 Å². The fraction of sp³-hybridized carbons (Fsp3) is 0.474. The Balaban J connectivity index is 1.45. The molecule has 1 fully saturated rings. The number of rotatable bonds is 7. The standard InChI is InChI=1S/C19H25N3O2/c1-14-17(21-19(24-14)15-8-6-9-15)18(23)20-12-7-13-22(2)16-10-4-3-5-11-16/h3-5,10-11,15H,6-9,12-13H2,1-2H3,(H,20,23). The van der Waals surface area contributed by atoms with E-state index >= 15 is 0 Å². The maximum absolute atomic E-state index is 12.3. The number of nitrogens with zero attached hydrogens (tertiary/aromatic N) is 2. The van der Waals surface area contributed by atoms with E-state index in [4.69, 9.17) is 4.42 Å². The van der Waals surface area contributed by atoms with Gasteiger partial charge in [-0.2, -0.15) is 0 Å². The van der Waals surface area contributed by atoms with E-state index in [0.29, 0.717) is 23.9 Å². The van der Waals surface area contributed by atoms with Crippen LogP contribution in [0.3, 0.4) is 0 Å². The van der Waals surface area contributed by atoms with E-state index < -0.39 is 0 Å². The predicted octanol–water partition coefficient (Wildman–Crippen LogP) is 3.51. The van der Waals surface area contributed by atoms with Crippen molar-refractivity contribution in [3.63, 3.8) is 0 Å². The lowest BCUT2D eigenvalue weighted by Gasteiger charge is -2.21. The van der Waals surface area contributed by atoms with Gasteiger partial charge in [-0.05, 0) is 38.3 Å². The highest BCUT2D eigenvalue weighted by atomic mass is 16.4. The van der Waals surface area contributed by atoms with Crippen molar-refractivity contribution in [3.8, 4) is 0 Å². The summed E-state index contributed by atoms with van der Waals surface area (Å²) in [4.78, 5) is 18.9. The van der Waals surface area contributed by atoms with Crippen molar-refractivity contribution in [1.29, 1.82) is 0 Å². The first-order chi connectivity index (χ1) is 11.6. The average molecular weight is 327 g/mol. The van der Waals surface area contributed by atoms with E-state index in [9.17, 15) is 4.79 Å². The van der Waals surface area contributed by atoms with Crippen molar-refractivity contribution in [2.45, 2.75) is 38.5 Å². The Hall–Kier alpha value is -2.30. The van der Waals surface area contributed by atoms with Crippen LogP contribution in [0.25, 0.3) is 0 Å². The summed E-state index contributed by atoms with van der Waals surface area (Å²) in [6.07, 6.45) is 4.34. The van der Waals surface area contributed by atoms with Gasteiger partial charge in [0.2, 0.25) is 0 Å². The molecule has 0 aliphatic heterocycles. The Labute approximate surface area is 143 Å². The van der Waals surface area contributed by atoms with E-state index in [1.54, 1.807) is 0 Å². The number of nitrogens with one attached hydrogen (secondary N) is 1. The molecule has 2 aromatic rings. The van der Waals surface area contributed by atoms with E-state index in [1.165, 1.54) is 12.1 Å². The number of hydrogen-bond acceptors (Lipinski definition) is 4. The molecule has 1 aromatic carbocycles. The average Bonchev–Trinajstić information content (AvgIpc) is 2.91. The molecule has 128 valence electrons. The second kappa shape index (κ2) is 7.51. The van der Waals surface area contributed by atoms with E-state index in [1.807, 2.05) is 25.1 Å². The fourth-order valence-electron chi connectivity index (χ4n) is 2.87. The Kier molecular flexibility index (Phi) is 5.18. The quantitative estimate of drug-likeness (QED) is 0.791. The molecule has 0 saturated heterocycles. The number of aromatic nitrogens is 1. The summed E-state index contributed by atoms with van der Waals surface area (Å²) in [7, 11) is 2.06. The number of benzene rings is 1. The molecular weight excluding hydrogens is 302 g/mol. The summed E-state index contributed by atoms with van der Waals surface area (Å²) in [5.41, 5.74) is 1.62. The van der Waals surface area contributed by atoms with Crippen LogP contribution in [0, 0.1) is 6.92 Å². The Morgan fingerprint density at radius 1 is 1.33 bits per heavy atom. The van der Waals surface area contributed by atoms with Gasteiger partial charge in [0, 0.05) is 31.7 Å².